The van der Waals surface area contributed by atoms with Crippen LogP contribution in [0, 0.1) is 22.7 Å². The van der Waals surface area contributed by atoms with Crippen LogP contribution < -0.4 is 10.6 Å². The van der Waals surface area contributed by atoms with E-state index in [1.54, 1.807) is 37.3 Å². The highest BCUT2D eigenvalue weighted by molar-refractivity contribution is 8.01. The number of anilines is 1. The van der Waals surface area contributed by atoms with Crippen molar-refractivity contribution in [2.75, 3.05) is 11.9 Å². The summed E-state index contributed by atoms with van der Waals surface area (Å²) in [7, 11) is 0. The molecule has 5 aliphatic rings. The third-order valence-corrected chi connectivity index (χ3v) is 16.3. The summed E-state index contributed by atoms with van der Waals surface area (Å²) in [6.45, 7) is 7.27. The number of aliphatic hydroxyl groups is 1. The fraction of sp³-hybridized carbons (Fsp3) is 0.543. The first-order valence-corrected chi connectivity index (χ1v) is 23.0. The minimum Gasteiger partial charge on any atom is -0.481 e. The van der Waals surface area contributed by atoms with Crippen LogP contribution in [0.3, 0.4) is 0 Å². The van der Waals surface area contributed by atoms with Crippen LogP contribution in [-0.2, 0) is 33.4 Å². The Kier molecular flexibility index (Phi) is 13.2. The number of rotatable bonds is 16. The van der Waals surface area contributed by atoms with E-state index in [4.69, 9.17) is 9.47 Å². The van der Waals surface area contributed by atoms with Gasteiger partial charge in [-0.2, -0.15) is 0 Å². The largest absolute Gasteiger partial charge is 0.481 e. The van der Waals surface area contributed by atoms with Gasteiger partial charge in [-0.05, 0) is 86.6 Å². The fourth-order valence-electron chi connectivity index (χ4n) is 10.8. The summed E-state index contributed by atoms with van der Waals surface area (Å²) < 4.78 is 46.3. The molecule has 1 aliphatic heterocycles. The van der Waals surface area contributed by atoms with Crippen LogP contribution in [0.5, 0.6) is 0 Å². The average molecular weight is 897 g/mol. The van der Waals surface area contributed by atoms with E-state index in [2.05, 4.69) is 17.6 Å². The zero-order valence-electron chi connectivity index (χ0n) is 35.1. The minimum atomic E-state index is -2.36. The molecule has 0 radical (unpaired) electrons. The number of nitrogens with one attached hydrogen (secondary N) is 2. The number of allylic oxidation sites excluding steroid dienone is 4. The monoisotopic (exact) mass is 896 g/mol. The SMILES string of the molecule is CCCCC(C)SC(CC(=O)O)C(=O)NCCC(=O)Nc1cccc(Sc2ccc([C@@H]3O[C@@H]4CC5[C@@H]6C[C@H](F)C7=CC(=O)C=C[C@]7(C)[C@@]6(F)[C@@H](O)C[C@]5(C)[C@]4(C(=O)O)O3)cc2)c1. The number of hydrogen-bond acceptors (Lipinski definition) is 10. The number of carboxylic acids is 2. The van der Waals surface area contributed by atoms with Crippen LogP contribution in [0.4, 0.5) is 14.5 Å². The number of carbonyl (C=O) groups excluding carboxylic acids is 3. The van der Waals surface area contributed by atoms with Crippen molar-refractivity contribution in [1.29, 1.82) is 0 Å². The number of unbranched alkanes of at least 4 members (excludes halogenated alkanes) is 1. The maximum atomic E-state index is 17.6. The van der Waals surface area contributed by atoms with Crippen LogP contribution in [0.25, 0.3) is 0 Å². The van der Waals surface area contributed by atoms with Gasteiger partial charge in [0.2, 0.25) is 11.8 Å². The maximum absolute atomic E-state index is 17.6. The van der Waals surface area contributed by atoms with E-state index in [0.717, 1.165) is 35.1 Å². The molecule has 1 heterocycles. The number of halogens is 2. The Bertz CT molecular complexity index is 2160. The molecular weight excluding hydrogens is 843 g/mol. The number of aliphatic carboxylic acids is 2. The van der Waals surface area contributed by atoms with Gasteiger partial charge < -0.3 is 35.4 Å². The zero-order chi connectivity index (χ0) is 44.8. The maximum Gasteiger partial charge on any atom is 0.339 e. The van der Waals surface area contributed by atoms with E-state index in [-0.39, 0.29) is 55.4 Å². The van der Waals surface area contributed by atoms with Crippen LogP contribution >= 0.6 is 23.5 Å². The standard InChI is InChI=1S/C46H54F2N2O10S2/c1-5-6-8-25(2)61-35(23-39(54)55)40(56)49-18-16-38(53)50-27-9-7-10-30(19-27)62-29-13-11-26(12-14-29)41-59-37-22-31-32-21-34(47)33-20-28(51)15-17-43(33,3)45(32,48)36(52)24-44(31,4)46(37,60-41)42(57)58/h7,9-15,17,19-20,25,31-32,34-37,41,52H,5-6,8,16,18,21-24H2,1-4H3,(H,49,56)(H,50,53)(H,54,55)(H,57,58)/t25?,31?,32-,34-,35?,36-,37+,41+,43-,44-,45-,46-/m0/s1. The summed E-state index contributed by atoms with van der Waals surface area (Å²) in [6.07, 6.45) is 0.292. The number of carbonyl (C=O) groups is 5. The molecule has 5 N–H and O–H groups in total. The molecule has 2 amide bonds. The molecule has 4 aliphatic carbocycles. The van der Waals surface area contributed by atoms with Gasteiger partial charge in [0, 0.05) is 56.0 Å². The van der Waals surface area contributed by atoms with Gasteiger partial charge in [-0.25, -0.2) is 13.6 Å². The number of carboxylic acid groups (broad SMARTS) is 2. The smallest absolute Gasteiger partial charge is 0.339 e. The van der Waals surface area contributed by atoms with E-state index < -0.39 is 87.5 Å². The number of benzene rings is 2. The van der Waals surface area contributed by atoms with E-state index in [1.165, 1.54) is 42.6 Å². The molecule has 62 heavy (non-hydrogen) atoms. The van der Waals surface area contributed by atoms with Crippen molar-refractivity contribution >= 4 is 58.7 Å². The summed E-state index contributed by atoms with van der Waals surface area (Å²) >= 11 is 2.75. The number of thioether (sulfide) groups is 1. The molecule has 7 rings (SSSR count). The first kappa shape index (κ1) is 45.9. The molecule has 1 saturated heterocycles. The summed E-state index contributed by atoms with van der Waals surface area (Å²) in [4.78, 5) is 64.2. The van der Waals surface area contributed by atoms with Crippen molar-refractivity contribution in [3.05, 3.63) is 77.9 Å². The number of ether oxygens (including phenoxy) is 2. The number of hydrogen-bond donors (Lipinski definition) is 5. The molecule has 12 atom stereocenters. The Labute approximate surface area is 368 Å². The number of ketones is 1. The molecule has 4 fully saturated rings. The van der Waals surface area contributed by atoms with Crippen LogP contribution in [0.15, 0.2) is 82.1 Å². The number of aliphatic hydroxyl groups excluding tert-OH is 1. The number of amides is 2. The Morgan fingerprint density at radius 2 is 1.77 bits per heavy atom. The summed E-state index contributed by atoms with van der Waals surface area (Å²) in [5.74, 6) is -5.33. The topological polar surface area (TPSA) is 189 Å². The van der Waals surface area contributed by atoms with Gasteiger partial charge in [-0.3, -0.25) is 19.2 Å². The predicted octanol–water partition coefficient (Wildman–Crippen LogP) is 7.60. The molecule has 0 spiro atoms. The Balaban J connectivity index is 0.968. The fourth-order valence-corrected chi connectivity index (χ4v) is 13.0. The minimum absolute atomic E-state index is 0.00585. The highest BCUT2D eigenvalue weighted by Crippen LogP contribution is 2.72. The van der Waals surface area contributed by atoms with Crippen molar-refractivity contribution in [3.63, 3.8) is 0 Å². The lowest BCUT2D eigenvalue weighted by atomic mass is 9.44. The van der Waals surface area contributed by atoms with Crippen LogP contribution in [0.1, 0.15) is 90.9 Å². The lowest BCUT2D eigenvalue weighted by Crippen LogP contribution is -2.70. The first-order chi connectivity index (χ1) is 29.4. The predicted molar refractivity (Wildman–Crippen MR) is 229 cm³/mol. The lowest BCUT2D eigenvalue weighted by Gasteiger charge is -2.62. The highest BCUT2D eigenvalue weighted by atomic mass is 32.2. The quantitative estimate of drug-likeness (QED) is 0.111. The lowest BCUT2D eigenvalue weighted by molar-refractivity contribution is -0.240. The van der Waals surface area contributed by atoms with Crippen LogP contribution in [-0.4, -0.2) is 91.5 Å². The molecule has 2 aromatic rings. The van der Waals surface area contributed by atoms with Crippen molar-refractivity contribution in [2.24, 2.45) is 22.7 Å². The van der Waals surface area contributed by atoms with Gasteiger partial charge in [-0.1, -0.05) is 69.6 Å². The number of fused-ring (bicyclic) bond motifs is 7. The highest BCUT2D eigenvalue weighted by Gasteiger charge is 2.80. The first-order valence-electron chi connectivity index (χ1n) is 21.2. The second-order valence-electron chi connectivity index (χ2n) is 17.7. The average Bonchev–Trinajstić information content (AvgIpc) is 3.72. The molecule has 2 aromatic carbocycles. The Morgan fingerprint density at radius 1 is 1.03 bits per heavy atom. The van der Waals surface area contributed by atoms with Gasteiger partial charge in [0.25, 0.3) is 0 Å². The van der Waals surface area contributed by atoms with Gasteiger partial charge in [0.1, 0.15) is 12.3 Å². The van der Waals surface area contributed by atoms with E-state index >= 15 is 8.78 Å². The molecule has 3 saturated carbocycles. The third kappa shape index (κ3) is 8.14. The third-order valence-electron chi connectivity index (χ3n) is 13.9. The van der Waals surface area contributed by atoms with E-state index in [1.807, 2.05) is 25.1 Å². The zero-order valence-corrected chi connectivity index (χ0v) is 36.7. The van der Waals surface area contributed by atoms with Gasteiger partial charge >= 0.3 is 11.9 Å². The van der Waals surface area contributed by atoms with Crippen molar-refractivity contribution in [3.8, 4) is 0 Å². The summed E-state index contributed by atoms with van der Waals surface area (Å²) in [6, 6.07) is 14.4. The van der Waals surface area contributed by atoms with Crippen molar-refractivity contribution in [2.45, 2.75) is 135 Å². The van der Waals surface area contributed by atoms with E-state index in [9.17, 15) is 39.3 Å². The Morgan fingerprint density at radius 3 is 2.47 bits per heavy atom. The second kappa shape index (κ2) is 17.8. The van der Waals surface area contributed by atoms with E-state index in [0.29, 0.717) is 11.3 Å². The number of alkyl halides is 2. The molecule has 0 aromatic heterocycles. The molecule has 0 bridgehead atoms. The van der Waals surface area contributed by atoms with Gasteiger partial charge in [0.15, 0.2) is 23.3 Å². The molecule has 12 nitrogen and oxygen atoms in total. The summed E-state index contributed by atoms with van der Waals surface area (Å²) in [5.41, 5.74) is -6.16. The normalized spacial score (nSPS) is 34.2. The Hall–Kier alpha value is -4.09. The molecule has 16 heteroatoms. The molecular formula is C46H54F2N2O10S2. The van der Waals surface area contributed by atoms with Crippen molar-refractivity contribution < 1.29 is 57.5 Å². The summed E-state index contributed by atoms with van der Waals surface area (Å²) in [5, 5.41) is 36.8. The van der Waals surface area contributed by atoms with Gasteiger partial charge in [0.05, 0.1) is 17.8 Å². The molecule has 334 valence electrons. The second-order valence-corrected chi connectivity index (χ2v) is 20.5. The van der Waals surface area contributed by atoms with Crippen LogP contribution in [0.2, 0.25) is 0 Å². The van der Waals surface area contributed by atoms with Crippen molar-refractivity contribution in [1.82, 2.24) is 5.32 Å². The van der Waals surface area contributed by atoms with Gasteiger partial charge in [-0.15, -0.1) is 11.8 Å². The molecule has 3 unspecified atom stereocenters.